The summed E-state index contributed by atoms with van der Waals surface area (Å²) in [5, 5.41) is 3.37. The van der Waals surface area contributed by atoms with Gasteiger partial charge in [-0.2, -0.15) is 18.2 Å². The van der Waals surface area contributed by atoms with Gasteiger partial charge < -0.3 is 14.3 Å². The maximum absolute atomic E-state index is 13.0. The molecule has 1 fully saturated rings. The molecule has 1 saturated heterocycles. The Labute approximate surface area is 182 Å². The Morgan fingerprint density at radius 2 is 1.81 bits per heavy atom. The van der Waals surface area contributed by atoms with Crippen molar-refractivity contribution in [3.05, 3.63) is 60.1 Å². The zero-order valence-electron chi connectivity index (χ0n) is 17.4. The minimum absolute atomic E-state index is 0.124. The molecule has 1 atom stereocenters. The fourth-order valence-corrected chi connectivity index (χ4v) is 3.78. The lowest BCUT2D eigenvalue weighted by Gasteiger charge is -2.37. The van der Waals surface area contributed by atoms with Gasteiger partial charge in [0.2, 0.25) is 11.7 Å². The zero-order valence-corrected chi connectivity index (χ0v) is 17.4. The molecule has 0 radical (unpaired) electrons. The summed E-state index contributed by atoms with van der Waals surface area (Å²) in [6, 6.07) is 13.1. The van der Waals surface area contributed by atoms with Crippen molar-refractivity contribution in [2.45, 2.75) is 25.4 Å². The Hall–Kier alpha value is -3.43. The molecule has 1 amide bonds. The highest BCUT2D eigenvalue weighted by molar-refractivity contribution is 5.84. The summed E-state index contributed by atoms with van der Waals surface area (Å²) in [7, 11) is 0. The molecule has 3 aromatic rings. The first kappa shape index (κ1) is 21.8. The number of carbonyl (C=O) groups excluding carboxylic acids is 1. The van der Waals surface area contributed by atoms with Crippen LogP contribution in [0.15, 0.2) is 53.2 Å². The molecule has 7 nitrogen and oxygen atoms in total. The quantitative estimate of drug-likeness (QED) is 0.591. The van der Waals surface area contributed by atoms with Crippen LogP contribution in [0.25, 0.3) is 11.4 Å². The van der Waals surface area contributed by atoms with E-state index in [9.17, 15) is 18.0 Å². The Kier molecular flexibility index (Phi) is 6.11. The third kappa shape index (κ3) is 4.58. The van der Waals surface area contributed by atoms with Gasteiger partial charge in [0.15, 0.2) is 0 Å². The molecule has 32 heavy (non-hydrogen) atoms. The molecule has 1 aromatic carbocycles. The lowest BCUT2D eigenvalue weighted by molar-refractivity contribution is -0.159. The van der Waals surface area contributed by atoms with Crippen LogP contribution in [-0.4, -0.2) is 52.1 Å². The lowest BCUT2D eigenvalue weighted by Crippen LogP contribution is -2.50. The van der Waals surface area contributed by atoms with E-state index in [1.165, 1.54) is 6.20 Å². The van der Waals surface area contributed by atoms with E-state index in [1.54, 1.807) is 12.1 Å². The first-order valence-corrected chi connectivity index (χ1v) is 10.3. The molecule has 0 spiro atoms. The number of halogens is 3. The van der Waals surface area contributed by atoms with Crippen LogP contribution in [0.3, 0.4) is 0 Å². The summed E-state index contributed by atoms with van der Waals surface area (Å²) in [6.45, 7) is 4.39. The van der Waals surface area contributed by atoms with Crippen LogP contribution in [0.4, 0.5) is 19.0 Å². The molecule has 3 heterocycles. The number of anilines is 1. The summed E-state index contributed by atoms with van der Waals surface area (Å²) >= 11 is 0. The Morgan fingerprint density at radius 3 is 2.38 bits per heavy atom. The number of rotatable bonds is 5. The van der Waals surface area contributed by atoms with Gasteiger partial charge in [0.05, 0.1) is 5.92 Å². The summed E-state index contributed by atoms with van der Waals surface area (Å²) in [5.41, 5.74) is 1.35. The number of pyridine rings is 1. The highest BCUT2D eigenvalue weighted by Gasteiger charge is 2.38. The maximum atomic E-state index is 13.0. The second kappa shape index (κ2) is 8.97. The number of hydrogen-bond acceptors (Lipinski definition) is 6. The summed E-state index contributed by atoms with van der Waals surface area (Å²) in [4.78, 5) is 24.7. The first-order chi connectivity index (χ1) is 15.4. The second-order valence-electron chi connectivity index (χ2n) is 7.51. The van der Waals surface area contributed by atoms with Crippen LogP contribution in [0.1, 0.15) is 30.7 Å². The molecule has 1 aliphatic rings. The molecule has 4 rings (SSSR count). The molecule has 168 valence electrons. The fourth-order valence-electron chi connectivity index (χ4n) is 3.78. The summed E-state index contributed by atoms with van der Waals surface area (Å²) < 4.78 is 42.2. The van der Waals surface area contributed by atoms with Gasteiger partial charge in [0.1, 0.15) is 5.82 Å². The van der Waals surface area contributed by atoms with Gasteiger partial charge >= 0.3 is 12.1 Å². The van der Waals surface area contributed by atoms with Crippen LogP contribution < -0.4 is 4.90 Å². The third-order valence-corrected chi connectivity index (χ3v) is 5.50. The number of amides is 1. The van der Waals surface area contributed by atoms with Gasteiger partial charge in [-0.25, -0.2) is 4.98 Å². The predicted octanol–water partition coefficient (Wildman–Crippen LogP) is 3.99. The Morgan fingerprint density at radius 1 is 1.09 bits per heavy atom. The van der Waals surface area contributed by atoms with Crippen LogP contribution in [0.5, 0.6) is 0 Å². The van der Waals surface area contributed by atoms with Crippen molar-refractivity contribution in [3.63, 3.8) is 0 Å². The molecular formula is C22H22F3N5O2. The monoisotopic (exact) mass is 445 g/mol. The zero-order chi connectivity index (χ0) is 22.7. The summed E-state index contributed by atoms with van der Waals surface area (Å²) in [6.07, 6.45) is -2.54. The molecule has 10 heteroatoms. The van der Waals surface area contributed by atoms with E-state index >= 15 is 0 Å². The van der Waals surface area contributed by atoms with Crippen molar-refractivity contribution < 1.29 is 22.5 Å². The highest BCUT2D eigenvalue weighted by Crippen LogP contribution is 2.29. The average Bonchev–Trinajstić information content (AvgIpc) is 3.32. The second-order valence-corrected chi connectivity index (χ2v) is 7.51. The Balaban J connectivity index is 1.38. The van der Waals surface area contributed by atoms with Crippen molar-refractivity contribution in [1.82, 2.24) is 20.0 Å². The Bertz CT molecular complexity index is 1050. The van der Waals surface area contributed by atoms with Crippen LogP contribution in [-0.2, 0) is 11.0 Å². The van der Waals surface area contributed by atoms with Crippen molar-refractivity contribution in [1.29, 1.82) is 0 Å². The topological polar surface area (TPSA) is 75.4 Å². The van der Waals surface area contributed by atoms with Gasteiger partial charge in [-0.1, -0.05) is 42.4 Å². The van der Waals surface area contributed by atoms with Crippen LogP contribution >= 0.6 is 0 Å². The van der Waals surface area contributed by atoms with E-state index in [1.807, 2.05) is 47.1 Å². The molecular weight excluding hydrogens is 423 g/mol. The van der Waals surface area contributed by atoms with Gasteiger partial charge in [0.25, 0.3) is 0 Å². The van der Waals surface area contributed by atoms with Crippen LogP contribution in [0, 0.1) is 0 Å². The number of hydrogen-bond donors (Lipinski definition) is 0. The van der Waals surface area contributed by atoms with E-state index in [2.05, 4.69) is 19.6 Å². The smallest absolute Gasteiger partial charge is 0.353 e. The van der Waals surface area contributed by atoms with Gasteiger partial charge in [0, 0.05) is 37.9 Å². The molecule has 0 N–H and O–H groups in total. The molecule has 1 aliphatic heterocycles. The van der Waals surface area contributed by atoms with Crippen molar-refractivity contribution in [2.75, 3.05) is 31.1 Å². The largest absolute Gasteiger partial charge is 0.471 e. The van der Waals surface area contributed by atoms with Crippen molar-refractivity contribution in [3.8, 4) is 11.4 Å². The van der Waals surface area contributed by atoms with E-state index in [-0.39, 0.29) is 17.6 Å². The van der Waals surface area contributed by atoms with E-state index < -0.39 is 12.1 Å². The molecule has 0 bridgehead atoms. The molecule has 0 aliphatic carbocycles. The van der Waals surface area contributed by atoms with Crippen LogP contribution in [0.2, 0.25) is 0 Å². The van der Waals surface area contributed by atoms with Gasteiger partial charge in [-0.05, 0) is 24.1 Å². The molecule has 0 saturated carbocycles. The minimum atomic E-state index is -4.69. The first-order valence-electron chi connectivity index (χ1n) is 10.3. The molecule has 2 aromatic heterocycles. The number of alkyl halides is 3. The molecule has 1 unspecified atom stereocenters. The van der Waals surface area contributed by atoms with E-state index in [0.29, 0.717) is 37.6 Å². The van der Waals surface area contributed by atoms with Crippen molar-refractivity contribution in [2.24, 2.45) is 0 Å². The third-order valence-electron chi connectivity index (χ3n) is 5.50. The number of nitrogens with zero attached hydrogens (tertiary/aromatic N) is 5. The summed E-state index contributed by atoms with van der Waals surface area (Å²) in [5.74, 6) is -0.914. The normalized spacial score (nSPS) is 15.6. The van der Waals surface area contributed by atoms with Gasteiger partial charge in [-0.3, -0.25) is 4.79 Å². The van der Waals surface area contributed by atoms with Gasteiger partial charge in [-0.15, -0.1) is 0 Å². The maximum Gasteiger partial charge on any atom is 0.471 e. The fraction of sp³-hybridized carbons (Fsp3) is 0.364. The number of carbonyl (C=O) groups is 1. The average molecular weight is 445 g/mol. The number of aromatic nitrogens is 3. The number of piperazine rings is 1. The van der Waals surface area contributed by atoms with E-state index in [4.69, 9.17) is 0 Å². The standard InChI is InChI=1S/C22H22F3N5O2/c1-2-17(15-6-4-3-5-7-15)20(31)30-12-10-29(11-13-30)18-9-8-16(14-26-18)19-27-21(32-28-19)22(23,24)25/h3-9,14,17H,2,10-13H2,1H3. The predicted molar refractivity (Wildman–Crippen MR) is 111 cm³/mol. The number of benzene rings is 1. The highest BCUT2D eigenvalue weighted by atomic mass is 19.4. The van der Waals surface area contributed by atoms with Crippen molar-refractivity contribution >= 4 is 11.7 Å². The SMILES string of the molecule is CCC(C(=O)N1CCN(c2ccc(-c3noc(C(F)(F)F)n3)cn2)CC1)c1ccccc1. The minimum Gasteiger partial charge on any atom is -0.353 e. The lowest BCUT2D eigenvalue weighted by atomic mass is 9.95. The van der Waals surface area contributed by atoms with E-state index in [0.717, 1.165) is 12.0 Å².